The fourth-order valence-electron chi connectivity index (χ4n) is 0.527. The first-order valence-electron chi connectivity index (χ1n) is 3.43. The Bertz CT molecular complexity index is 448. The molecule has 0 aromatic heterocycles. The molecule has 17 heavy (non-hydrogen) atoms. The molecule has 0 saturated heterocycles. The van der Waals surface area contributed by atoms with Crippen molar-refractivity contribution in [3.63, 3.8) is 0 Å². The predicted octanol–water partition coefficient (Wildman–Crippen LogP) is 1.01. The van der Waals surface area contributed by atoms with Gasteiger partial charge in [-0.1, -0.05) is 0 Å². The SMILES string of the molecule is CS(=O)(=O)N(SC(F)(F)C(F)(F)F)S(C)(=O)=O. The number of nitrogens with zero attached hydrogens (tertiary/aromatic N) is 1. The van der Waals surface area contributed by atoms with Gasteiger partial charge < -0.3 is 0 Å². The minimum Gasteiger partial charge on any atom is -0.211 e. The Morgan fingerprint density at radius 3 is 1.35 bits per heavy atom. The molecule has 0 aliphatic carbocycles. The summed E-state index contributed by atoms with van der Waals surface area (Å²) in [5, 5.41) is -5.54. The summed E-state index contributed by atoms with van der Waals surface area (Å²) in [6.45, 7) is 0. The summed E-state index contributed by atoms with van der Waals surface area (Å²) in [7, 11) is -9.58. The second kappa shape index (κ2) is 4.51. The lowest BCUT2D eigenvalue weighted by molar-refractivity contribution is -0.238. The Balaban J connectivity index is 5.48. The highest BCUT2D eigenvalue weighted by Gasteiger charge is 2.61. The Kier molecular flexibility index (Phi) is 4.47. The largest absolute Gasteiger partial charge is 0.465 e. The van der Waals surface area contributed by atoms with E-state index in [0.29, 0.717) is 0 Å². The van der Waals surface area contributed by atoms with Crippen molar-refractivity contribution in [2.24, 2.45) is 0 Å². The minimum absolute atomic E-state index is 0.188. The molecule has 104 valence electrons. The van der Waals surface area contributed by atoms with Crippen LogP contribution in [0.4, 0.5) is 22.0 Å². The highest BCUT2D eigenvalue weighted by Crippen LogP contribution is 2.46. The van der Waals surface area contributed by atoms with Crippen molar-refractivity contribution in [3.05, 3.63) is 0 Å². The topological polar surface area (TPSA) is 71.5 Å². The molecule has 0 atom stereocenters. The molecule has 0 unspecified atom stereocenters. The molecule has 0 fully saturated rings. The van der Waals surface area contributed by atoms with E-state index in [1.165, 1.54) is 0 Å². The maximum Gasteiger partial charge on any atom is 0.465 e. The lowest BCUT2D eigenvalue weighted by atomic mass is 10.7. The average molecular weight is 323 g/mol. The zero-order valence-electron chi connectivity index (χ0n) is 8.19. The average Bonchev–Trinajstić information content (AvgIpc) is 1.93. The molecule has 0 radical (unpaired) electrons. The van der Waals surface area contributed by atoms with E-state index in [1.54, 1.807) is 0 Å². The lowest BCUT2D eigenvalue weighted by Gasteiger charge is -2.23. The Morgan fingerprint density at radius 1 is 0.882 bits per heavy atom. The highest BCUT2D eigenvalue weighted by atomic mass is 32.3. The zero-order valence-corrected chi connectivity index (χ0v) is 10.6. The van der Waals surface area contributed by atoms with Crippen molar-refractivity contribution in [2.75, 3.05) is 12.5 Å². The Morgan fingerprint density at radius 2 is 1.18 bits per heavy atom. The molecule has 5 nitrogen and oxygen atoms in total. The fourth-order valence-corrected chi connectivity index (χ4v) is 4.43. The Labute approximate surface area is 98.2 Å². The van der Waals surface area contributed by atoms with Crippen molar-refractivity contribution < 1.29 is 38.8 Å². The summed E-state index contributed by atoms with van der Waals surface area (Å²) < 4.78 is 103. The van der Waals surface area contributed by atoms with Gasteiger partial charge in [-0.3, -0.25) is 0 Å². The monoisotopic (exact) mass is 323 g/mol. The van der Waals surface area contributed by atoms with Crippen LogP contribution in [0.5, 0.6) is 0 Å². The van der Waals surface area contributed by atoms with Crippen LogP contribution in [-0.4, -0.2) is 43.9 Å². The van der Waals surface area contributed by atoms with Gasteiger partial charge in [0.1, 0.15) is 0 Å². The molecule has 0 aliphatic heterocycles. The molecule has 0 amide bonds. The van der Waals surface area contributed by atoms with Crippen LogP contribution in [-0.2, 0) is 20.0 Å². The van der Waals surface area contributed by atoms with Gasteiger partial charge in [0.05, 0.1) is 12.5 Å². The maximum absolute atomic E-state index is 12.5. The standard InChI is InChI=1S/C4H6F5NO4S3/c1-16(11,12)10(17(2,13)14)15-4(8,9)3(5,6)7/h1-2H3. The van der Waals surface area contributed by atoms with E-state index in [4.69, 9.17) is 0 Å². The second-order valence-corrected chi connectivity index (χ2v) is 8.21. The summed E-state index contributed by atoms with van der Waals surface area (Å²) in [5.74, 6) is 0. The van der Waals surface area contributed by atoms with Crippen molar-refractivity contribution in [1.29, 1.82) is 0 Å². The van der Waals surface area contributed by atoms with Crippen LogP contribution in [0.25, 0.3) is 0 Å². The van der Waals surface area contributed by atoms with Crippen molar-refractivity contribution in [2.45, 2.75) is 11.4 Å². The van der Waals surface area contributed by atoms with Crippen LogP contribution < -0.4 is 0 Å². The third-order valence-electron chi connectivity index (χ3n) is 1.06. The summed E-state index contributed by atoms with van der Waals surface area (Å²) in [5.41, 5.74) is 0. The first kappa shape index (κ1) is 16.9. The molecular formula is C4H6F5NO4S3. The lowest BCUT2D eigenvalue weighted by Crippen LogP contribution is -2.40. The Hall–Kier alpha value is -0.140. The molecule has 0 rings (SSSR count). The smallest absolute Gasteiger partial charge is 0.211 e. The molecule has 0 saturated carbocycles. The van der Waals surface area contributed by atoms with Gasteiger partial charge in [0.2, 0.25) is 20.0 Å². The maximum atomic E-state index is 12.5. The third kappa shape index (κ3) is 4.56. The van der Waals surface area contributed by atoms with E-state index in [9.17, 15) is 38.8 Å². The first-order valence-corrected chi connectivity index (χ1v) is 7.90. The summed E-state index contributed by atoms with van der Waals surface area (Å²) in [6.07, 6.45) is -5.70. The van der Waals surface area contributed by atoms with Gasteiger partial charge in [0.25, 0.3) is 0 Å². The highest BCUT2D eigenvalue weighted by molar-refractivity contribution is 8.20. The predicted molar refractivity (Wildman–Crippen MR) is 50.1 cm³/mol. The molecule has 0 heterocycles. The van der Waals surface area contributed by atoms with E-state index in [0.717, 1.165) is 0 Å². The van der Waals surface area contributed by atoms with E-state index < -0.39 is 46.5 Å². The van der Waals surface area contributed by atoms with Gasteiger partial charge in [-0.05, 0) is 3.12 Å². The second-order valence-electron chi connectivity index (χ2n) is 2.80. The number of halogens is 5. The number of hydrogen-bond acceptors (Lipinski definition) is 5. The van der Waals surface area contributed by atoms with Gasteiger partial charge in [-0.15, -0.1) is 0 Å². The molecular weight excluding hydrogens is 317 g/mol. The number of alkyl halides is 5. The molecule has 0 aliphatic rings. The van der Waals surface area contributed by atoms with Crippen LogP contribution >= 0.6 is 11.9 Å². The fraction of sp³-hybridized carbons (Fsp3) is 1.00. The molecule has 0 N–H and O–H groups in total. The first-order chi connectivity index (χ1) is 7.09. The van der Waals surface area contributed by atoms with Gasteiger partial charge in [0.15, 0.2) is 0 Å². The normalized spacial score (nSPS) is 15.3. The van der Waals surface area contributed by atoms with Gasteiger partial charge >= 0.3 is 11.4 Å². The van der Waals surface area contributed by atoms with Crippen LogP contribution in [0.3, 0.4) is 0 Å². The summed E-state index contributed by atoms with van der Waals surface area (Å²) >= 11 is -1.63. The van der Waals surface area contributed by atoms with Gasteiger partial charge in [-0.25, -0.2) is 16.8 Å². The third-order valence-corrected chi connectivity index (χ3v) is 6.45. The summed E-state index contributed by atoms with van der Waals surface area (Å²) in [6, 6.07) is 0. The molecule has 0 spiro atoms. The minimum atomic E-state index is -6.08. The van der Waals surface area contributed by atoms with Crippen LogP contribution in [0.15, 0.2) is 0 Å². The quantitative estimate of drug-likeness (QED) is 0.570. The van der Waals surface area contributed by atoms with E-state index in [2.05, 4.69) is 0 Å². The summed E-state index contributed by atoms with van der Waals surface area (Å²) in [4.78, 5) is 0. The number of rotatable bonds is 4. The van der Waals surface area contributed by atoms with Crippen LogP contribution in [0.2, 0.25) is 0 Å². The van der Waals surface area contributed by atoms with Crippen molar-refractivity contribution in [1.82, 2.24) is 3.12 Å². The number of sulfonamides is 2. The van der Waals surface area contributed by atoms with Gasteiger partial charge in [-0.2, -0.15) is 22.0 Å². The van der Waals surface area contributed by atoms with Gasteiger partial charge in [0, 0.05) is 11.9 Å². The molecule has 13 heteroatoms. The van der Waals surface area contributed by atoms with Crippen LogP contribution in [0, 0.1) is 0 Å². The van der Waals surface area contributed by atoms with Crippen LogP contribution in [0.1, 0.15) is 0 Å². The molecule has 0 aromatic rings. The zero-order chi connectivity index (χ0) is 14.3. The van der Waals surface area contributed by atoms with E-state index >= 15 is 0 Å². The van der Waals surface area contributed by atoms with E-state index in [-0.39, 0.29) is 12.5 Å². The molecule has 0 aromatic carbocycles. The van der Waals surface area contributed by atoms with E-state index in [1.807, 2.05) is 0 Å². The van der Waals surface area contributed by atoms with Crippen molar-refractivity contribution >= 4 is 32.0 Å². The number of hydrogen-bond donors (Lipinski definition) is 0. The van der Waals surface area contributed by atoms with Crippen molar-refractivity contribution in [3.8, 4) is 0 Å². The molecule has 0 bridgehead atoms.